The van der Waals surface area contributed by atoms with Gasteiger partial charge < -0.3 is 23.8 Å². The molecule has 0 aromatic carbocycles. The number of carbonyl (C=O) groups is 2. The first-order valence-electron chi connectivity index (χ1n) is 11.4. The number of rotatable bonds is 4. The molecule has 0 aromatic rings. The van der Waals surface area contributed by atoms with Gasteiger partial charge in [0.25, 0.3) is 0 Å². The number of esters is 2. The van der Waals surface area contributed by atoms with Gasteiger partial charge in [0.05, 0.1) is 12.2 Å². The number of nitrogens with zero attached hydrogens (tertiary/aromatic N) is 1. The third-order valence-corrected chi connectivity index (χ3v) is 8.44. The molecule has 0 aromatic heterocycles. The first-order chi connectivity index (χ1) is 14.3. The number of methoxy groups -OCH3 is 2. The van der Waals surface area contributed by atoms with Crippen LogP contribution in [-0.4, -0.2) is 75.1 Å². The maximum atomic E-state index is 11.8. The lowest BCUT2D eigenvalue weighted by atomic mass is 9.50. The van der Waals surface area contributed by atoms with Crippen molar-refractivity contribution in [3.8, 4) is 0 Å². The Hall–Kier alpha value is -1.18. The summed E-state index contributed by atoms with van der Waals surface area (Å²) >= 11 is 0. The first-order valence-corrected chi connectivity index (χ1v) is 11.4. The second kappa shape index (κ2) is 8.75. The van der Waals surface area contributed by atoms with E-state index in [1.807, 2.05) is 0 Å². The lowest BCUT2D eigenvalue weighted by molar-refractivity contribution is -0.213. The van der Waals surface area contributed by atoms with Crippen molar-refractivity contribution >= 4 is 11.9 Å². The van der Waals surface area contributed by atoms with Crippen LogP contribution in [0.5, 0.6) is 0 Å². The minimum absolute atomic E-state index is 0.0975. The van der Waals surface area contributed by atoms with Crippen LogP contribution in [0, 0.1) is 29.6 Å². The highest BCUT2D eigenvalue weighted by molar-refractivity contribution is 5.66. The normalized spacial score (nSPS) is 45.8. The van der Waals surface area contributed by atoms with Gasteiger partial charge in [0.1, 0.15) is 12.2 Å². The van der Waals surface area contributed by atoms with Gasteiger partial charge in [-0.25, -0.2) is 0 Å². The van der Waals surface area contributed by atoms with Crippen molar-refractivity contribution < 1.29 is 28.5 Å². The average molecular weight is 424 g/mol. The summed E-state index contributed by atoms with van der Waals surface area (Å²) in [6.07, 6.45) is 4.28. The van der Waals surface area contributed by atoms with Crippen LogP contribution in [0.4, 0.5) is 0 Å². The Balaban J connectivity index is 1.67. The predicted octanol–water partition coefficient (Wildman–Crippen LogP) is 2.27. The van der Waals surface area contributed by atoms with Crippen molar-refractivity contribution in [1.82, 2.24) is 4.90 Å². The highest BCUT2D eigenvalue weighted by Gasteiger charge is 2.60. The number of hydrogen-bond acceptors (Lipinski definition) is 7. The quantitative estimate of drug-likeness (QED) is 0.642. The molecule has 7 nitrogen and oxygen atoms in total. The smallest absolute Gasteiger partial charge is 0.302 e. The van der Waals surface area contributed by atoms with E-state index >= 15 is 0 Å². The minimum Gasteiger partial charge on any atom is -0.460 e. The SMILES string of the molecule is COC1CC2C(CC1OC(C)=O)CC1C3C(CCN1C)CC(OC(C)=O)C(OC)C23. The van der Waals surface area contributed by atoms with E-state index in [0.29, 0.717) is 35.6 Å². The van der Waals surface area contributed by atoms with Crippen LogP contribution >= 0.6 is 0 Å². The summed E-state index contributed by atoms with van der Waals surface area (Å²) in [5.74, 6) is 1.81. The van der Waals surface area contributed by atoms with E-state index in [1.165, 1.54) is 13.8 Å². The fourth-order valence-corrected chi connectivity index (χ4v) is 7.46. The van der Waals surface area contributed by atoms with Crippen molar-refractivity contribution in [2.45, 2.75) is 76.4 Å². The number of piperidine rings is 1. The van der Waals surface area contributed by atoms with E-state index in [4.69, 9.17) is 18.9 Å². The minimum atomic E-state index is -0.244. The van der Waals surface area contributed by atoms with Crippen molar-refractivity contribution in [3.05, 3.63) is 0 Å². The van der Waals surface area contributed by atoms with Crippen LogP contribution in [0.2, 0.25) is 0 Å². The second-order valence-electron chi connectivity index (χ2n) is 9.89. The van der Waals surface area contributed by atoms with Crippen LogP contribution in [0.3, 0.4) is 0 Å². The molecule has 3 saturated carbocycles. The van der Waals surface area contributed by atoms with E-state index in [-0.39, 0.29) is 36.4 Å². The van der Waals surface area contributed by atoms with E-state index in [2.05, 4.69) is 11.9 Å². The Morgan fingerprint density at radius 2 is 1.47 bits per heavy atom. The van der Waals surface area contributed by atoms with Crippen LogP contribution in [-0.2, 0) is 28.5 Å². The van der Waals surface area contributed by atoms with E-state index in [9.17, 15) is 9.59 Å². The molecule has 0 spiro atoms. The van der Waals surface area contributed by atoms with Crippen molar-refractivity contribution in [2.75, 3.05) is 27.8 Å². The summed E-state index contributed by atoms with van der Waals surface area (Å²) in [5, 5.41) is 0. The predicted molar refractivity (Wildman–Crippen MR) is 110 cm³/mol. The Labute approximate surface area is 179 Å². The van der Waals surface area contributed by atoms with Gasteiger partial charge >= 0.3 is 11.9 Å². The third-order valence-electron chi connectivity index (χ3n) is 8.44. The van der Waals surface area contributed by atoms with Gasteiger partial charge in [-0.05, 0) is 75.3 Å². The van der Waals surface area contributed by atoms with Crippen molar-refractivity contribution in [2.24, 2.45) is 29.6 Å². The molecule has 0 bridgehead atoms. The van der Waals surface area contributed by atoms with Gasteiger partial charge in [-0.2, -0.15) is 0 Å². The zero-order valence-electron chi connectivity index (χ0n) is 18.9. The van der Waals surface area contributed by atoms with Gasteiger partial charge in [-0.3, -0.25) is 9.59 Å². The van der Waals surface area contributed by atoms with Gasteiger partial charge in [-0.15, -0.1) is 0 Å². The fourth-order valence-electron chi connectivity index (χ4n) is 7.46. The molecule has 10 atom stereocenters. The van der Waals surface area contributed by atoms with Crippen LogP contribution in [0.25, 0.3) is 0 Å². The molecule has 4 fully saturated rings. The highest BCUT2D eigenvalue weighted by Crippen LogP contribution is 2.57. The summed E-state index contributed by atoms with van der Waals surface area (Å²) in [4.78, 5) is 26.0. The molecule has 0 N–H and O–H groups in total. The molecule has 4 aliphatic rings. The Morgan fingerprint density at radius 1 is 0.800 bits per heavy atom. The largest absolute Gasteiger partial charge is 0.460 e. The molecule has 3 aliphatic carbocycles. The zero-order valence-corrected chi connectivity index (χ0v) is 18.9. The number of fused-ring (bicyclic) bond motifs is 2. The standard InChI is InChI=1S/C23H37NO6/c1-12(25)29-19-10-15-8-17-21-14(6-7-24(17)3)9-20(30-13(2)26)23(28-5)22(21)16(15)11-18(19)27-4/h14-23H,6-11H2,1-5H3. The van der Waals surface area contributed by atoms with E-state index < -0.39 is 0 Å². The molecule has 1 heterocycles. The third kappa shape index (κ3) is 3.89. The molecule has 1 saturated heterocycles. The lowest BCUT2D eigenvalue weighted by Gasteiger charge is -2.62. The molecule has 0 radical (unpaired) electrons. The van der Waals surface area contributed by atoms with Gasteiger partial charge in [-0.1, -0.05) is 0 Å². The molecular weight excluding hydrogens is 386 g/mol. The molecule has 7 heteroatoms. The first kappa shape index (κ1) is 22.0. The Morgan fingerprint density at radius 3 is 2.10 bits per heavy atom. The number of hydrogen-bond donors (Lipinski definition) is 0. The summed E-state index contributed by atoms with van der Waals surface area (Å²) in [7, 11) is 5.70. The summed E-state index contributed by atoms with van der Waals surface area (Å²) in [6.45, 7) is 4.04. The maximum absolute atomic E-state index is 11.8. The molecular formula is C23H37NO6. The zero-order chi connectivity index (χ0) is 21.6. The molecule has 170 valence electrons. The average Bonchev–Trinajstić information content (AvgIpc) is 2.69. The second-order valence-corrected chi connectivity index (χ2v) is 9.89. The van der Waals surface area contributed by atoms with Crippen LogP contribution < -0.4 is 0 Å². The molecule has 1 aliphatic heterocycles. The molecule has 4 rings (SSSR count). The maximum Gasteiger partial charge on any atom is 0.302 e. The molecule has 30 heavy (non-hydrogen) atoms. The van der Waals surface area contributed by atoms with Crippen molar-refractivity contribution in [3.63, 3.8) is 0 Å². The van der Waals surface area contributed by atoms with E-state index in [0.717, 1.165) is 38.6 Å². The van der Waals surface area contributed by atoms with Gasteiger partial charge in [0, 0.05) is 34.1 Å². The number of ether oxygens (including phenoxy) is 4. The lowest BCUT2D eigenvalue weighted by Crippen LogP contribution is -2.65. The summed E-state index contributed by atoms with van der Waals surface area (Å²) < 4.78 is 23.3. The van der Waals surface area contributed by atoms with Crippen LogP contribution in [0.1, 0.15) is 46.0 Å². The van der Waals surface area contributed by atoms with Crippen LogP contribution in [0.15, 0.2) is 0 Å². The number of likely N-dealkylation sites (tertiary alicyclic amines) is 1. The monoisotopic (exact) mass is 423 g/mol. The van der Waals surface area contributed by atoms with Gasteiger partial charge in [0.2, 0.25) is 0 Å². The summed E-state index contributed by atoms with van der Waals surface area (Å²) in [6, 6.07) is 0.503. The topological polar surface area (TPSA) is 74.3 Å². The fraction of sp³-hybridized carbons (Fsp3) is 0.913. The highest BCUT2D eigenvalue weighted by atomic mass is 16.6. The Kier molecular flexibility index (Phi) is 6.43. The van der Waals surface area contributed by atoms with Crippen molar-refractivity contribution in [1.29, 1.82) is 0 Å². The molecule has 0 amide bonds. The number of carbonyl (C=O) groups excluding carboxylic acids is 2. The van der Waals surface area contributed by atoms with E-state index in [1.54, 1.807) is 14.2 Å². The molecule has 10 unspecified atom stereocenters. The summed E-state index contributed by atoms with van der Waals surface area (Å²) in [5.41, 5.74) is 0. The Bertz CT molecular complexity index is 656. The van der Waals surface area contributed by atoms with Gasteiger partial charge in [0.15, 0.2) is 0 Å².